The van der Waals surface area contributed by atoms with Gasteiger partial charge in [0, 0.05) is 23.3 Å². The van der Waals surface area contributed by atoms with Crippen molar-refractivity contribution in [3.05, 3.63) is 53.1 Å². The maximum Gasteiger partial charge on any atom is 0.163 e. The number of nitrogens with one attached hydrogen (secondary N) is 1. The molecule has 0 atom stereocenters. The summed E-state index contributed by atoms with van der Waals surface area (Å²) in [6.45, 7) is 5.89. The zero-order chi connectivity index (χ0) is 15.1. The maximum absolute atomic E-state index is 5.88. The molecule has 2 rings (SSSR count). The van der Waals surface area contributed by atoms with Gasteiger partial charge < -0.3 is 14.8 Å². The molecule has 0 saturated heterocycles. The smallest absolute Gasteiger partial charge is 0.163 e. The molecule has 2 aromatic rings. The quantitative estimate of drug-likeness (QED) is 0.800. The number of benzene rings is 2. The zero-order valence-corrected chi connectivity index (χ0v) is 13.1. The van der Waals surface area contributed by atoms with E-state index >= 15 is 0 Å². The summed E-state index contributed by atoms with van der Waals surface area (Å²) in [5.41, 5.74) is 2.17. The van der Waals surface area contributed by atoms with Gasteiger partial charge in [0.1, 0.15) is 0 Å². The van der Waals surface area contributed by atoms with Gasteiger partial charge in [-0.2, -0.15) is 0 Å². The molecule has 21 heavy (non-hydrogen) atoms. The Hall–Kier alpha value is -1.87. The van der Waals surface area contributed by atoms with Crippen LogP contribution in [0, 0.1) is 0 Å². The third kappa shape index (κ3) is 4.57. The highest BCUT2D eigenvalue weighted by molar-refractivity contribution is 6.30. The van der Waals surface area contributed by atoms with E-state index in [4.69, 9.17) is 21.1 Å². The molecule has 0 aliphatic heterocycles. The molecule has 0 bridgehead atoms. The van der Waals surface area contributed by atoms with Gasteiger partial charge in [-0.3, -0.25) is 0 Å². The molecule has 1 N–H and O–H groups in total. The summed E-state index contributed by atoms with van der Waals surface area (Å²) in [6, 6.07) is 13.7. The Bertz CT molecular complexity index is 570. The average Bonchev–Trinajstić information content (AvgIpc) is 2.49. The van der Waals surface area contributed by atoms with E-state index in [1.54, 1.807) is 0 Å². The lowest BCUT2D eigenvalue weighted by Crippen LogP contribution is -2.02. The molecular formula is C17H20ClNO2. The number of ether oxygens (including phenoxy) is 2. The van der Waals surface area contributed by atoms with E-state index in [0.717, 1.165) is 28.8 Å². The minimum Gasteiger partial charge on any atom is -0.490 e. The molecular weight excluding hydrogens is 286 g/mol. The second-order valence-electron chi connectivity index (χ2n) is 4.51. The van der Waals surface area contributed by atoms with E-state index < -0.39 is 0 Å². The van der Waals surface area contributed by atoms with Gasteiger partial charge in [0.15, 0.2) is 11.5 Å². The fraction of sp³-hybridized carbons (Fsp3) is 0.294. The molecule has 0 unspecified atom stereocenters. The van der Waals surface area contributed by atoms with E-state index in [1.165, 1.54) is 5.56 Å². The van der Waals surface area contributed by atoms with Gasteiger partial charge in [0.2, 0.25) is 0 Å². The Labute approximate surface area is 130 Å². The number of halogens is 1. The number of anilines is 1. The standard InChI is InChI=1S/C17H20ClNO2/c1-3-20-16-10-9-15(11-17(16)21-4-2)19-12-13-5-7-14(18)8-6-13/h5-11,19H,3-4,12H2,1-2H3. The van der Waals surface area contributed by atoms with Crippen molar-refractivity contribution in [3.8, 4) is 11.5 Å². The number of hydrogen-bond donors (Lipinski definition) is 1. The first-order chi connectivity index (χ1) is 10.2. The molecule has 0 heterocycles. The first-order valence-corrected chi connectivity index (χ1v) is 7.48. The van der Waals surface area contributed by atoms with Crippen LogP contribution in [-0.4, -0.2) is 13.2 Å². The van der Waals surface area contributed by atoms with Crippen LogP contribution in [0.2, 0.25) is 5.02 Å². The molecule has 0 amide bonds. The summed E-state index contributed by atoms with van der Waals surface area (Å²) in [6.07, 6.45) is 0. The molecule has 4 heteroatoms. The fourth-order valence-electron chi connectivity index (χ4n) is 1.97. The summed E-state index contributed by atoms with van der Waals surface area (Å²) in [5, 5.41) is 4.12. The molecule has 112 valence electrons. The average molecular weight is 306 g/mol. The van der Waals surface area contributed by atoms with Crippen LogP contribution >= 0.6 is 11.6 Å². The largest absolute Gasteiger partial charge is 0.490 e. The van der Waals surface area contributed by atoms with Crippen molar-refractivity contribution in [1.82, 2.24) is 0 Å². The lowest BCUT2D eigenvalue weighted by atomic mass is 10.2. The molecule has 0 aromatic heterocycles. The first-order valence-electron chi connectivity index (χ1n) is 7.11. The molecule has 0 fully saturated rings. The van der Waals surface area contributed by atoms with Crippen LogP contribution in [0.25, 0.3) is 0 Å². The van der Waals surface area contributed by atoms with Crippen molar-refractivity contribution in [2.75, 3.05) is 18.5 Å². The van der Waals surface area contributed by atoms with E-state index in [1.807, 2.05) is 56.3 Å². The van der Waals surface area contributed by atoms with Crippen LogP contribution < -0.4 is 14.8 Å². The third-order valence-corrected chi connectivity index (χ3v) is 3.21. The normalized spacial score (nSPS) is 10.2. The Morgan fingerprint density at radius 1 is 0.905 bits per heavy atom. The SMILES string of the molecule is CCOc1ccc(NCc2ccc(Cl)cc2)cc1OCC. The third-order valence-electron chi connectivity index (χ3n) is 2.95. The molecule has 0 radical (unpaired) electrons. The van der Waals surface area contributed by atoms with Crippen molar-refractivity contribution < 1.29 is 9.47 Å². The van der Waals surface area contributed by atoms with Gasteiger partial charge in [0.05, 0.1) is 13.2 Å². The molecule has 0 spiro atoms. The summed E-state index contributed by atoms with van der Waals surface area (Å²) >= 11 is 5.88. The van der Waals surface area contributed by atoms with E-state index in [0.29, 0.717) is 13.2 Å². The van der Waals surface area contributed by atoms with E-state index in [2.05, 4.69) is 5.32 Å². The second kappa shape index (κ2) is 7.79. The highest BCUT2D eigenvalue weighted by atomic mass is 35.5. The molecule has 0 aliphatic carbocycles. The van der Waals surface area contributed by atoms with Crippen molar-refractivity contribution in [2.24, 2.45) is 0 Å². The zero-order valence-electron chi connectivity index (χ0n) is 12.4. The van der Waals surface area contributed by atoms with Crippen LogP contribution in [0.15, 0.2) is 42.5 Å². The van der Waals surface area contributed by atoms with Crippen LogP contribution in [0.1, 0.15) is 19.4 Å². The number of rotatable bonds is 7. The van der Waals surface area contributed by atoms with Gasteiger partial charge in [0.25, 0.3) is 0 Å². The van der Waals surface area contributed by atoms with Crippen LogP contribution in [0.3, 0.4) is 0 Å². The predicted octanol–water partition coefficient (Wildman–Crippen LogP) is 4.75. The highest BCUT2D eigenvalue weighted by Gasteiger charge is 2.06. The van der Waals surface area contributed by atoms with Crippen LogP contribution in [0.5, 0.6) is 11.5 Å². The lowest BCUT2D eigenvalue weighted by Gasteiger charge is -2.13. The molecule has 0 aliphatic rings. The van der Waals surface area contributed by atoms with Crippen molar-refractivity contribution in [3.63, 3.8) is 0 Å². The minimum atomic E-state index is 0.612. The molecule has 3 nitrogen and oxygen atoms in total. The summed E-state index contributed by atoms with van der Waals surface area (Å²) in [5.74, 6) is 1.54. The van der Waals surface area contributed by atoms with Gasteiger partial charge in [-0.15, -0.1) is 0 Å². The summed E-state index contributed by atoms with van der Waals surface area (Å²) < 4.78 is 11.2. The van der Waals surface area contributed by atoms with Crippen molar-refractivity contribution in [1.29, 1.82) is 0 Å². The highest BCUT2D eigenvalue weighted by Crippen LogP contribution is 2.30. The van der Waals surface area contributed by atoms with Crippen molar-refractivity contribution in [2.45, 2.75) is 20.4 Å². The lowest BCUT2D eigenvalue weighted by molar-refractivity contribution is 0.288. The maximum atomic E-state index is 5.88. The Balaban J connectivity index is 2.05. The monoisotopic (exact) mass is 305 g/mol. The Morgan fingerprint density at radius 2 is 1.57 bits per heavy atom. The summed E-state index contributed by atoms with van der Waals surface area (Å²) in [7, 11) is 0. The van der Waals surface area contributed by atoms with E-state index in [-0.39, 0.29) is 0 Å². The van der Waals surface area contributed by atoms with Crippen molar-refractivity contribution >= 4 is 17.3 Å². The fourth-order valence-corrected chi connectivity index (χ4v) is 2.09. The van der Waals surface area contributed by atoms with Crippen LogP contribution in [-0.2, 0) is 6.54 Å². The summed E-state index contributed by atoms with van der Waals surface area (Å²) in [4.78, 5) is 0. The Morgan fingerprint density at radius 3 is 2.24 bits per heavy atom. The predicted molar refractivity (Wildman–Crippen MR) is 87.6 cm³/mol. The van der Waals surface area contributed by atoms with Gasteiger partial charge in [-0.1, -0.05) is 23.7 Å². The first kappa shape index (κ1) is 15.5. The molecule has 2 aromatic carbocycles. The van der Waals surface area contributed by atoms with Gasteiger partial charge in [-0.05, 0) is 43.7 Å². The minimum absolute atomic E-state index is 0.612. The molecule has 0 saturated carbocycles. The Kier molecular flexibility index (Phi) is 5.76. The second-order valence-corrected chi connectivity index (χ2v) is 4.94. The van der Waals surface area contributed by atoms with Crippen LogP contribution in [0.4, 0.5) is 5.69 Å². The van der Waals surface area contributed by atoms with Gasteiger partial charge >= 0.3 is 0 Å². The van der Waals surface area contributed by atoms with E-state index in [9.17, 15) is 0 Å². The number of hydrogen-bond acceptors (Lipinski definition) is 3. The van der Waals surface area contributed by atoms with Gasteiger partial charge in [-0.25, -0.2) is 0 Å². The topological polar surface area (TPSA) is 30.5 Å².